The van der Waals surface area contributed by atoms with Gasteiger partial charge in [-0.05, 0) is 43.5 Å². The molecule has 2 aromatic rings. The molecule has 1 atom stereocenters. The summed E-state index contributed by atoms with van der Waals surface area (Å²) in [4.78, 5) is 46.4. The molecule has 0 saturated heterocycles. The van der Waals surface area contributed by atoms with Gasteiger partial charge in [0.2, 0.25) is 5.91 Å². The minimum absolute atomic E-state index is 0.00674. The van der Waals surface area contributed by atoms with E-state index in [1.54, 1.807) is 24.3 Å². The minimum Gasteiger partial charge on any atom is -0.480 e. The zero-order valence-corrected chi connectivity index (χ0v) is 17.7. The first-order valence-corrected chi connectivity index (χ1v) is 10.1. The number of ether oxygens (including phenoxy) is 1. The maximum absolute atomic E-state index is 12.2. The molecule has 0 aliphatic heterocycles. The van der Waals surface area contributed by atoms with Crippen molar-refractivity contribution in [2.45, 2.75) is 52.0 Å². The van der Waals surface area contributed by atoms with E-state index in [-0.39, 0.29) is 37.4 Å². The second-order valence-corrected chi connectivity index (χ2v) is 7.47. The number of carbonyl (C=O) groups is 4. The van der Waals surface area contributed by atoms with Gasteiger partial charge in [-0.1, -0.05) is 42.0 Å². The normalized spacial score (nSPS) is 11.4. The lowest BCUT2D eigenvalue weighted by Crippen LogP contribution is -2.42. The van der Waals surface area contributed by atoms with Crippen molar-refractivity contribution in [3.8, 4) is 5.75 Å². The van der Waals surface area contributed by atoms with E-state index in [1.165, 1.54) is 6.92 Å². The van der Waals surface area contributed by atoms with Crippen LogP contribution in [0.1, 0.15) is 42.9 Å². The van der Waals surface area contributed by atoms with Gasteiger partial charge in [0.1, 0.15) is 17.6 Å². The Kier molecular flexibility index (Phi) is 8.94. The summed E-state index contributed by atoms with van der Waals surface area (Å²) < 4.78 is 5.14. The predicted molar refractivity (Wildman–Crippen MR) is 115 cm³/mol. The maximum Gasteiger partial charge on any atom is 0.326 e. The molecular formula is C24H27NO6. The fraction of sp³-hybridized carbons (Fsp3) is 0.333. The number of rotatable bonds is 11. The van der Waals surface area contributed by atoms with Gasteiger partial charge in [0.15, 0.2) is 0 Å². The van der Waals surface area contributed by atoms with E-state index in [4.69, 9.17) is 4.74 Å². The van der Waals surface area contributed by atoms with Crippen LogP contribution in [0.25, 0.3) is 0 Å². The number of Topliss-reactive ketones (excluding diaryl/α,β-unsaturated/α-hetero) is 1. The molecule has 0 bridgehead atoms. The first-order valence-electron chi connectivity index (χ1n) is 10.1. The number of nitrogens with one attached hydrogen (secondary N) is 1. The molecule has 1 amide bonds. The van der Waals surface area contributed by atoms with Crippen LogP contribution in [0.2, 0.25) is 0 Å². The van der Waals surface area contributed by atoms with Crippen LogP contribution < -0.4 is 10.1 Å². The van der Waals surface area contributed by atoms with Crippen molar-refractivity contribution in [3.63, 3.8) is 0 Å². The average molecular weight is 425 g/mol. The predicted octanol–water partition coefficient (Wildman–Crippen LogP) is 3.01. The number of esters is 1. The first-order chi connectivity index (χ1) is 14.7. The molecule has 164 valence electrons. The second-order valence-electron chi connectivity index (χ2n) is 7.47. The van der Waals surface area contributed by atoms with Crippen LogP contribution in [0.5, 0.6) is 5.75 Å². The van der Waals surface area contributed by atoms with E-state index in [0.717, 1.165) is 11.1 Å². The quantitative estimate of drug-likeness (QED) is 0.423. The summed E-state index contributed by atoms with van der Waals surface area (Å²) in [5, 5.41) is 12.0. The number of ketones is 1. The van der Waals surface area contributed by atoms with E-state index in [9.17, 15) is 24.3 Å². The molecular weight excluding hydrogens is 398 g/mol. The Balaban J connectivity index is 1.86. The summed E-state index contributed by atoms with van der Waals surface area (Å²) in [5.41, 5.74) is 2.83. The summed E-state index contributed by atoms with van der Waals surface area (Å²) in [6.45, 7) is 3.39. The van der Waals surface area contributed by atoms with Crippen LogP contribution in [-0.2, 0) is 32.0 Å². The number of benzene rings is 2. The summed E-state index contributed by atoms with van der Waals surface area (Å²) in [7, 11) is 0. The smallest absolute Gasteiger partial charge is 0.326 e. The molecule has 2 aromatic carbocycles. The average Bonchev–Trinajstić information content (AvgIpc) is 2.72. The van der Waals surface area contributed by atoms with Crippen LogP contribution in [0, 0.1) is 6.92 Å². The molecule has 0 aromatic heterocycles. The van der Waals surface area contributed by atoms with Gasteiger partial charge in [-0.25, -0.2) is 4.79 Å². The molecule has 7 nitrogen and oxygen atoms in total. The highest BCUT2D eigenvalue weighted by Gasteiger charge is 2.20. The topological polar surface area (TPSA) is 110 Å². The lowest BCUT2D eigenvalue weighted by atomic mass is 10.0. The first kappa shape index (κ1) is 23.8. The Labute approximate surface area is 181 Å². The molecule has 0 aliphatic rings. The van der Waals surface area contributed by atoms with E-state index < -0.39 is 18.0 Å². The molecule has 0 fully saturated rings. The van der Waals surface area contributed by atoms with Gasteiger partial charge in [-0.2, -0.15) is 0 Å². The number of aliphatic carboxylic acids is 1. The van der Waals surface area contributed by atoms with E-state index in [2.05, 4.69) is 5.32 Å². The fourth-order valence-corrected chi connectivity index (χ4v) is 2.87. The third-order valence-electron chi connectivity index (χ3n) is 4.67. The number of hydrogen-bond donors (Lipinski definition) is 2. The Hall–Kier alpha value is -3.48. The van der Waals surface area contributed by atoms with Gasteiger partial charge in [-0.15, -0.1) is 0 Å². The van der Waals surface area contributed by atoms with Crippen molar-refractivity contribution in [1.82, 2.24) is 5.32 Å². The highest BCUT2D eigenvalue weighted by molar-refractivity contribution is 5.84. The Morgan fingerprint density at radius 3 is 2.10 bits per heavy atom. The summed E-state index contributed by atoms with van der Waals surface area (Å²) in [6, 6.07) is 13.2. The molecule has 1 unspecified atom stereocenters. The second kappa shape index (κ2) is 11.6. The van der Waals surface area contributed by atoms with Crippen molar-refractivity contribution in [2.75, 3.05) is 0 Å². The summed E-state index contributed by atoms with van der Waals surface area (Å²) in [5.74, 6) is -1.74. The molecule has 7 heteroatoms. The molecule has 0 radical (unpaired) electrons. The van der Waals surface area contributed by atoms with Crippen LogP contribution in [0.15, 0.2) is 48.5 Å². The molecule has 2 rings (SSSR count). The van der Waals surface area contributed by atoms with E-state index in [1.807, 2.05) is 31.2 Å². The SMILES string of the molecule is CC(=O)CCC(=O)Oc1ccc(CC(NC(=O)CCc2ccc(C)cc2)C(=O)O)cc1. The van der Waals surface area contributed by atoms with Gasteiger partial charge < -0.3 is 20.0 Å². The summed E-state index contributed by atoms with van der Waals surface area (Å²) >= 11 is 0. The number of amides is 1. The Morgan fingerprint density at radius 1 is 0.903 bits per heavy atom. The molecule has 31 heavy (non-hydrogen) atoms. The van der Waals surface area contributed by atoms with Crippen molar-refractivity contribution >= 4 is 23.6 Å². The largest absolute Gasteiger partial charge is 0.480 e. The van der Waals surface area contributed by atoms with Gasteiger partial charge in [0, 0.05) is 19.3 Å². The highest BCUT2D eigenvalue weighted by atomic mass is 16.5. The third kappa shape index (κ3) is 8.82. The summed E-state index contributed by atoms with van der Waals surface area (Å²) in [6.07, 6.45) is 0.960. The monoisotopic (exact) mass is 425 g/mol. The Morgan fingerprint density at radius 2 is 1.52 bits per heavy atom. The van der Waals surface area contributed by atoms with E-state index in [0.29, 0.717) is 17.7 Å². The van der Waals surface area contributed by atoms with Crippen LogP contribution in [0.3, 0.4) is 0 Å². The van der Waals surface area contributed by atoms with Gasteiger partial charge >= 0.3 is 11.9 Å². The fourth-order valence-electron chi connectivity index (χ4n) is 2.87. The molecule has 2 N–H and O–H groups in total. The molecule has 0 saturated carbocycles. The van der Waals surface area contributed by atoms with Crippen LogP contribution in [0.4, 0.5) is 0 Å². The highest BCUT2D eigenvalue weighted by Crippen LogP contribution is 2.15. The molecule has 0 heterocycles. The third-order valence-corrected chi connectivity index (χ3v) is 4.67. The number of carbonyl (C=O) groups excluding carboxylic acids is 3. The lowest BCUT2D eigenvalue weighted by molar-refractivity contribution is -0.141. The zero-order valence-electron chi connectivity index (χ0n) is 17.7. The van der Waals surface area contributed by atoms with Crippen molar-refractivity contribution < 1.29 is 29.0 Å². The van der Waals surface area contributed by atoms with Crippen LogP contribution in [-0.4, -0.2) is 34.8 Å². The van der Waals surface area contributed by atoms with E-state index >= 15 is 0 Å². The molecule has 0 spiro atoms. The van der Waals surface area contributed by atoms with Crippen LogP contribution >= 0.6 is 0 Å². The minimum atomic E-state index is -1.12. The number of aryl methyl sites for hydroxylation is 2. The standard InChI is InChI=1S/C24H27NO6/c1-16-3-6-18(7-4-16)10-13-22(27)25-21(24(29)30)15-19-8-11-20(12-9-19)31-23(28)14-5-17(2)26/h3-4,6-9,11-12,21H,5,10,13-15H2,1-2H3,(H,25,27)(H,29,30). The van der Waals surface area contributed by atoms with Gasteiger partial charge in [0.05, 0.1) is 6.42 Å². The van der Waals surface area contributed by atoms with Crippen molar-refractivity contribution in [3.05, 3.63) is 65.2 Å². The lowest BCUT2D eigenvalue weighted by Gasteiger charge is -2.15. The Bertz CT molecular complexity index is 918. The van der Waals surface area contributed by atoms with Crippen molar-refractivity contribution in [2.24, 2.45) is 0 Å². The molecule has 0 aliphatic carbocycles. The number of carboxylic acids is 1. The number of carboxylic acid groups (broad SMARTS) is 1. The van der Waals surface area contributed by atoms with Gasteiger partial charge in [-0.3, -0.25) is 9.59 Å². The maximum atomic E-state index is 12.2. The number of hydrogen-bond acceptors (Lipinski definition) is 5. The van der Waals surface area contributed by atoms with Crippen molar-refractivity contribution in [1.29, 1.82) is 0 Å². The van der Waals surface area contributed by atoms with Gasteiger partial charge in [0.25, 0.3) is 0 Å². The zero-order chi connectivity index (χ0) is 22.8.